The molecular weight excluding hydrogens is 306 g/mol. The Bertz CT molecular complexity index is 888. The lowest BCUT2D eigenvalue weighted by Crippen LogP contribution is -2.31. The molecule has 1 aliphatic heterocycles. The van der Waals surface area contributed by atoms with Crippen LogP contribution in [-0.2, 0) is 9.84 Å². The lowest BCUT2D eigenvalue weighted by atomic mass is 10.1. The number of hydrogen-bond acceptors (Lipinski definition) is 5. The second kappa shape index (κ2) is 5.53. The van der Waals surface area contributed by atoms with E-state index < -0.39 is 15.7 Å². The third-order valence-corrected chi connectivity index (χ3v) is 5.63. The number of fused-ring (bicyclic) bond motifs is 1. The first-order valence-electron chi connectivity index (χ1n) is 6.92. The average molecular weight is 321 g/mol. The Balaban J connectivity index is 1.79. The molecule has 8 heteroatoms. The smallest absolute Gasteiger partial charge is 0.272 e. The van der Waals surface area contributed by atoms with E-state index in [0.29, 0.717) is 17.2 Å². The summed E-state index contributed by atoms with van der Waals surface area (Å²) in [5.74, 6) is -0.208. The molecule has 116 valence electrons. The van der Waals surface area contributed by atoms with Crippen molar-refractivity contribution in [3.63, 3.8) is 0 Å². The molecule has 2 heterocycles. The molecule has 2 N–H and O–H groups in total. The van der Waals surface area contributed by atoms with Gasteiger partial charge in [0.05, 0.1) is 16.9 Å². The third kappa shape index (κ3) is 2.87. The highest BCUT2D eigenvalue weighted by atomic mass is 32.2. The standard InChI is InChI=1S/C14H15N3O4S/c18-13-11-4-2-1-3-10(11)12(16-17-13)14(19)15-7-9-5-6-22(20,21)8-9/h1-4,9H,5-8H2,(H,15,19)(H,17,18)/t9-/m1/s1. The summed E-state index contributed by atoms with van der Waals surface area (Å²) in [5, 5.41) is 9.69. The normalized spacial score (nSPS) is 20.1. The SMILES string of the molecule is O=C(NC[C@H]1CCS(=O)(=O)C1)c1n[nH]c(=O)c2ccccc12. The van der Waals surface area contributed by atoms with E-state index in [9.17, 15) is 18.0 Å². The second-order valence-corrected chi connectivity index (χ2v) is 7.65. The number of sulfone groups is 1. The molecule has 0 saturated carbocycles. The van der Waals surface area contributed by atoms with Gasteiger partial charge in [0, 0.05) is 11.9 Å². The van der Waals surface area contributed by atoms with Crippen molar-refractivity contribution in [3.05, 3.63) is 40.3 Å². The number of aromatic nitrogens is 2. The van der Waals surface area contributed by atoms with E-state index in [4.69, 9.17) is 0 Å². The number of nitrogens with one attached hydrogen (secondary N) is 2. The molecule has 0 unspecified atom stereocenters. The van der Waals surface area contributed by atoms with Crippen molar-refractivity contribution in [1.82, 2.24) is 15.5 Å². The maximum absolute atomic E-state index is 12.2. The number of hydrogen-bond donors (Lipinski definition) is 2. The molecule has 1 aromatic heterocycles. The highest BCUT2D eigenvalue weighted by molar-refractivity contribution is 7.91. The van der Waals surface area contributed by atoms with Crippen LogP contribution in [0.2, 0.25) is 0 Å². The molecule has 0 aliphatic carbocycles. The maximum Gasteiger partial charge on any atom is 0.272 e. The van der Waals surface area contributed by atoms with Crippen molar-refractivity contribution < 1.29 is 13.2 Å². The Morgan fingerprint density at radius 2 is 2.05 bits per heavy atom. The number of H-pyrrole nitrogens is 1. The first-order chi connectivity index (χ1) is 10.5. The Kier molecular flexibility index (Phi) is 3.69. The largest absolute Gasteiger partial charge is 0.350 e. The molecule has 0 radical (unpaired) electrons. The minimum Gasteiger partial charge on any atom is -0.350 e. The van der Waals surface area contributed by atoms with Crippen molar-refractivity contribution in [2.75, 3.05) is 18.1 Å². The van der Waals surface area contributed by atoms with Crippen molar-refractivity contribution in [2.45, 2.75) is 6.42 Å². The fourth-order valence-electron chi connectivity index (χ4n) is 2.64. The van der Waals surface area contributed by atoms with Gasteiger partial charge in [-0.15, -0.1) is 0 Å². The molecule has 1 saturated heterocycles. The van der Waals surface area contributed by atoms with Gasteiger partial charge in [-0.1, -0.05) is 18.2 Å². The maximum atomic E-state index is 12.2. The summed E-state index contributed by atoms with van der Waals surface area (Å²) in [5.41, 5.74) is -0.218. The number of benzene rings is 1. The van der Waals surface area contributed by atoms with Gasteiger partial charge in [-0.25, -0.2) is 13.5 Å². The molecule has 3 rings (SSSR count). The van der Waals surface area contributed by atoms with Gasteiger partial charge in [-0.05, 0) is 18.4 Å². The monoisotopic (exact) mass is 321 g/mol. The Labute approximate surface area is 126 Å². The van der Waals surface area contributed by atoms with Crippen molar-refractivity contribution in [3.8, 4) is 0 Å². The summed E-state index contributed by atoms with van der Waals surface area (Å²) < 4.78 is 22.8. The molecule has 0 spiro atoms. The van der Waals surface area contributed by atoms with Crippen LogP contribution in [0.1, 0.15) is 16.9 Å². The minimum absolute atomic E-state index is 0.0667. The van der Waals surface area contributed by atoms with Crippen molar-refractivity contribution >= 4 is 26.5 Å². The van der Waals surface area contributed by atoms with Crippen LogP contribution in [0.15, 0.2) is 29.1 Å². The number of amides is 1. The van der Waals surface area contributed by atoms with E-state index in [0.717, 1.165) is 0 Å². The first kappa shape index (κ1) is 14.7. The van der Waals surface area contributed by atoms with E-state index in [1.54, 1.807) is 24.3 Å². The molecule has 0 bridgehead atoms. The molecule has 7 nitrogen and oxygen atoms in total. The Hall–Kier alpha value is -2.22. The number of aromatic amines is 1. The van der Waals surface area contributed by atoms with Gasteiger partial charge in [0.1, 0.15) is 0 Å². The summed E-state index contributed by atoms with van der Waals surface area (Å²) in [6.07, 6.45) is 0.558. The number of carbonyl (C=O) groups excluding carboxylic acids is 1. The van der Waals surface area contributed by atoms with Crippen LogP contribution in [0.25, 0.3) is 10.8 Å². The predicted molar refractivity (Wildman–Crippen MR) is 81.5 cm³/mol. The molecule has 1 fully saturated rings. The summed E-state index contributed by atoms with van der Waals surface area (Å²) >= 11 is 0. The topological polar surface area (TPSA) is 109 Å². The van der Waals surface area contributed by atoms with Gasteiger partial charge < -0.3 is 5.32 Å². The highest BCUT2D eigenvalue weighted by Crippen LogP contribution is 2.18. The van der Waals surface area contributed by atoms with Crippen LogP contribution in [0.3, 0.4) is 0 Å². The Morgan fingerprint density at radius 1 is 1.32 bits per heavy atom. The molecule has 2 aromatic rings. The molecule has 1 aliphatic rings. The van der Waals surface area contributed by atoms with Gasteiger partial charge in [0.2, 0.25) is 0 Å². The molecule has 1 atom stereocenters. The quantitative estimate of drug-likeness (QED) is 0.832. The zero-order chi connectivity index (χ0) is 15.7. The van der Waals surface area contributed by atoms with Gasteiger partial charge >= 0.3 is 0 Å². The van der Waals surface area contributed by atoms with E-state index in [1.165, 1.54) is 0 Å². The van der Waals surface area contributed by atoms with Crippen molar-refractivity contribution in [1.29, 1.82) is 0 Å². The van der Waals surface area contributed by atoms with E-state index >= 15 is 0 Å². The highest BCUT2D eigenvalue weighted by Gasteiger charge is 2.28. The van der Waals surface area contributed by atoms with Gasteiger partial charge in [0.15, 0.2) is 15.5 Å². The van der Waals surface area contributed by atoms with Crippen LogP contribution in [0, 0.1) is 5.92 Å². The van der Waals surface area contributed by atoms with Crippen LogP contribution in [0.4, 0.5) is 0 Å². The van der Waals surface area contributed by atoms with Gasteiger partial charge in [0.25, 0.3) is 11.5 Å². The molecule has 1 amide bonds. The summed E-state index contributed by atoms with van der Waals surface area (Å²) in [7, 11) is -2.96. The van der Waals surface area contributed by atoms with E-state index in [-0.39, 0.29) is 35.2 Å². The molecule has 1 aromatic carbocycles. The predicted octanol–water partition coefficient (Wildman–Crippen LogP) is 0.0876. The first-order valence-corrected chi connectivity index (χ1v) is 8.74. The van der Waals surface area contributed by atoms with E-state index in [2.05, 4.69) is 15.5 Å². The van der Waals surface area contributed by atoms with Crippen LogP contribution in [0.5, 0.6) is 0 Å². The molecular formula is C14H15N3O4S. The lowest BCUT2D eigenvalue weighted by molar-refractivity contribution is 0.0944. The second-order valence-electron chi connectivity index (χ2n) is 5.43. The van der Waals surface area contributed by atoms with Crippen molar-refractivity contribution in [2.24, 2.45) is 5.92 Å². The summed E-state index contributed by atoms with van der Waals surface area (Å²) in [6, 6.07) is 6.72. The fourth-order valence-corrected chi connectivity index (χ4v) is 4.50. The van der Waals surface area contributed by atoms with Crippen LogP contribution < -0.4 is 10.9 Å². The van der Waals surface area contributed by atoms with E-state index in [1.807, 2.05) is 0 Å². The fraction of sp³-hybridized carbons (Fsp3) is 0.357. The lowest BCUT2D eigenvalue weighted by Gasteiger charge is -2.10. The number of carbonyl (C=O) groups is 1. The van der Waals surface area contributed by atoms with Crippen LogP contribution >= 0.6 is 0 Å². The van der Waals surface area contributed by atoms with Gasteiger partial charge in [-0.3, -0.25) is 9.59 Å². The summed E-state index contributed by atoms with van der Waals surface area (Å²) in [6.45, 7) is 0.285. The minimum atomic E-state index is -2.96. The zero-order valence-electron chi connectivity index (χ0n) is 11.7. The van der Waals surface area contributed by atoms with Gasteiger partial charge in [-0.2, -0.15) is 5.10 Å². The Morgan fingerprint density at radius 3 is 2.73 bits per heavy atom. The zero-order valence-corrected chi connectivity index (χ0v) is 12.5. The summed E-state index contributed by atoms with van der Waals surface area (Å²) in [4.78, 5) is 23.9. The molecule has 22 heavy (non-hydrogen) atoms. The number of nitrogens with zero attached hydrogens (tertiary/aromatic N) is 1. The average Bonchev–Trinajstić information content (AvgIpc) is 2.85. The number of rotatable bonds is 3. The third-order valence-electron chi connectivity index (χ3n) is 3.79. The van der Waals surface area contributed by atoms with Crippen LogP contribution in [-0.4, -0.2) is 42.6 Å².